The predicted molar refractivity (Wildman–Crippen MR) is 147 cm³/mol. The molecule has 0 aliphatic carbocycles. The van der Waals surface area contributed by atoms with Crippen molar-refractivity contribution in [3.05, 3.63) is 71.8 Å². The summed E-state index contributed by atoms with van der Waals surface area (Å²) < 4.78 is 27.9. The quantitative estimate of drug-likeness (QED) is 0.368. The van der Waals surface area contributed by atoms with Crippen molar-refractivity contribution in [2.24, 2.45) is 0 Å². The van der Waals surface area contributed by atoms with Crippen molar-refractivity contribution in [2.45, 2.75) is 63.9 Å². The fourth-order valence-electron chi connectivity index (χ4n) is 4.73. The lowest BCUT2D eigenvalue weighted by atomic mass is 10.1. The van der Waals surface area contributed by atoms with Crippen LogP contribution in [0.3, 0.4) is 0 Å². The first kappa shape index (κ1) is 26.7. The summed E-state index contributed by atoms with van der Waals surface area (Å²) >= 11 is 0. The number of hydrogen-bond acceptors (Lipinski definition) is 4. The Hall–Kier alpha value is -3.39. The molecule has 4 rings (SSSR count). The second-order valence-corrected chi connectivity index (χ2v) is 11.5. The van der Waals surface area contributed by atoms with Crippen molar-refractivity contribution in [2.75, 3.05) is 17.4 Å². The SMILES string of the molecule is CCCCNC(=O)C(C)N(Cc1ccc(C)cc1)C(=O)CCCN1c2cccc3cccc(c23)S1(=O)=O. The maximum atomic E-state index is 13.4. The summed E-state index contributed by atoms with van der Waals surface area (Å²) in [5, 5.41) is 4.54. The Morgan fingerprint density at radius 3 is 2.41 bits per heavy atom. The molecule has 1 heterocycles. The van der Waals surface area contributed by atoms with Crippen LogP contribution in [0.5, 0.6) is 0 Å². The van der Waals surface area contributed by atoms with E-state index in [0.29, 0.717) is 30.1 Å². The molecule has 1 aliphatic rings. The first-order valence-corrected chi connectivity index (χ1v) is 14.3. The summed E-state index contributed by atoms with van der Waals surface area (Å²) in [5.41, 5.74) is 2.71. The standard InChI is InChI=1S/C29H35N3O4S/c1-4-5-18-30-29(34)22(3)31(20-23-16-14-21(2)15-17-23)27(33)13-8-19-32-25-11-6-9-24-10-7-12-26(28(24)25)37(32,35)36/h6-7,9-12,14-17,22H,4-5,8,13,18-20H2,1-3H3,(H,30,34). The van der Waals surface area contributed by atoms with E-state index in [1.54, 1.807) is 24.0 Å². The van der Waals surface area contributed by atoms with Crippen molar-refractivity contribution >= 4 is 38.3 Å². The van der Waals surface area contributed by atoms with Crippen molar-refractivity contribution in [1.29, 1.82) is 0 Å². The van der Waals surface area contributed by atoms with E-state index in [0.717, 1.165) is 34.7 Å². The van der Waals surface area contributed by atoms with Gasteiger partial charge in [-0.15, -0.1) is 0 Å². The Balaban J connectivity index is 1.47. The van der Waals surface area contributed by atoms with E-state index in [1.165, 1.54) is 4.31 Å². The lowest BCUT2D eigenvalue weighted by Gasteiger charge is -2.29. The molecule has 0 spiro atoms. The van der Waals surface area contributed by atoms with E-state index >= 15 is 0 Å². The summed E-state index contributed by atoms with van der Waals surface area (Å²) in [7, 11) is -3.67. The average molecular weight is 522 g/mol. The summed E-state index contributed by atoms with van der Waals surface area (Å²) in [5.74, 6) is -0.357. The zero-order chi connectivity index (χ0) is 26.6. The van der Waals surface area contributed by atoms with E-state index in [2.05, 4.69) is 12.2 Å². The lowest BCUT2D eigenvalue weighted by Crippen LogP contribution is -2.47. The Kier molecular flexibility index (Phi) is 8.17. The number of carbonyl (C=O) groups is 2. The molecule has 0 fully saturated rings. The molecule has 0 saturated heterocycles. The van der Waals surface area contributed by atoms with Gasteiger partial charge in [0.2, 0.25) is 11.8 Å². The number of unbranched alkanes of at least 4 members (excludes halogenated alkanes) is 1. The van der Waals surface area contributed by atoms with E-state index in [9.17, 15) is 18.0 Å². The number of nitrogens with one attached hydrogen (secondary N) is 1. The molecule has 0 saturated carbocycles. The minimum absolute atomic E-state index is 0.136. The van der Waals surface area contributed by atoms with Gasteiger partial charge < -0.3 is 10.2 Å². The molecule has 0 aromatic heterocycles. The van der Waals surface area contributed by atoms with E-state index in [-0.39, 0.29) is 24.8 Å². The maximum Gasteiger partial charge on any atom is 0.265 e. The Morgan fingerprint density at radius 2 is 1.70 bits per heavy atom. The van der Waals surface area contributed by atoms with Gasteiger partial charge in [0.15, 0.2) is 0 Å². The van der Waals surface area contributed by atoms with Crippen LogP contribution in [0, 0.1) is 6.92 Å². The molecule has 196 valence electrons. The topological polar surface area (TPSA) is 86.8 Å². The van der Waals surface area contributed by atoms with Crippen molar-refractivity contribution in [3.8, 4) is 0 Å². The zero-order valence-electron chi connectivity index (χ0n) is 21.7. The van der Waals surface area contributed by atoms with Crippen LogP contribution >= 0.6 is 0 Å². The highest BCUT2D eigenvalue weighted by Crippen LogP contribution is 2.42. The van der Waals surface area contributed by atoms with Gasteiger partial charge in [-0.2, -0.15) is 0 Å². The molecule has 3 aromatic carbocycles. The number of nitrogens with zero attached hydrogens (tertiary/aromatic N) is 2. The minimum atomic E-state index is -3.67. The molecule has 1 N–H and O–H groups in total. The predicted octanol–water partition coefficient (Wildman–Crippen LogP) is 4.77. The van der Waals surface area contributed by atoms with Gasteiger partial charge >= 0.3 is 0 Å². The fourth-order valence-corrected chi connectivity index (χ4v) is 6.47. The lowest BCUT2D eigenvalue weighted by molar-refractivity contribution is -0.140. The summed E-state index contributed by atoms with van der Waals surface area (Å²) in [4.78, 5) is 28.1. The van der Waals surface area contributed by atoms with Gasteiger partial charge in [0.05, 0.1) is 10.6 Å². The molecular formula is C29H35N3O4S. The number of benzene rings is 3. The largest absolute Gasteiger partial charge is 0.354 e. The average Bonchev–Trinajstić information content (AvgIpc) is 3.11. The van der Waals surface area contributed by atoms with Crippen LogP contribution in [-0.4, -0.2) is 44.3 Å². The fraction of sp³-hybridized carbons (Fsp3) is 0.379. The van der Waals surface area contributed by atoms with Gasteiger partial charge in [-0.25, -0.2) is 8.42 Å². The molecule has 8 heteroatoms. The first-order valence-electron chi connectivity index (χ1n) is 12.9. The van der Waals surface area contributed by atoms with Gasteiger partial charge in [-0.05, 0) is 49.8 Å². The highest BCUT2D eigenvalue weighted by Gasteiger charge is 2.35. The molecule has 1 aliphatic heterocycles. The van der Waals surface area contributed by atoms with Crippen LogP contribution in [0.1, 0.15) is 50.7 Å². The van der Waals surface area contributed by atoms with Crippen LogP contribution in [-0.2, 0) is 26.2 Å². The summed E-state index contributed by atoms with van der Waals surface area (Å²) in [6.45, 7) is 6.89. The molecule has 37 heavy (non-hydrogen) atoms. The van der Waals surface area contributed by atoms with Gasteiger partial charge in [0, 0.05) is 31.4 Å². The second kappa shape index (κ2) is 11.3. The molecule has 0 bridgehead atoms. The molecule has 1 atom stereocenters. The van der Waals surface area contributed by atoms with Crippen LogP contribution < -0.4 is 9.62 Å². The third kappa shape index (κ3) is 5.64. The highest BCUT2D eigenvalue weighted by atomic mass is 32.2. The number of rotatable bonds is 11. The third-order valence-electron chi connectivity index (χ3n) is 6.90. The maximum absolute atomic E-state index is 13.4. The van der Waals surface area contributed by atoms with E-state index in [1.807, 2.05) is 55.5 Å². The molecular weight excluding hydrogens is 486 g/mol. The van der Waals surface area contributed by atoms with Crippen LogP contribution in [0.15, 0.2) is 65.6 Å². The Morgan fingerprint density at radius 1 is 1.00 bits per heavy atom. The molecule has 7 nitrogen and oxygen atoms in total. The molecule has 2 amide bonds. The second-order valence-electron chi connectivity index (χ2n) is 9.64. The summed E-state index contributed by atoms with van der Waals surface area (Å²) in [6.07, 6.45) is 2.33. The van der Waals surface area contributed by atoms with Gasteiger partial charge in [-0.1, -0.05) is 67.4 Å². The zero-order valence-corrected chi connectivity index (χ0v) is 22.6. The van der Waals surface area contributed by atoms with Crippen molar-refractivity contribution < 1.29 is 18.0 Å². The van der Waals surface area contributed by atoms with Crippen LogP contribution in [0.2, 0.25) is 0 Å². The number of carbonyl (C=O) groups excluding carboxylic acids is 2. The van der Waals surface area contributed by atoms with Crippen LogP contribution in [0.4, 0.5) is 5.69 Å². The first-order chi connectivity index (χ1) is 17.7. The number of aryl methyl sites for hydroxylation is 1. The highest BCUT2D eigenvalue weighted by molar-refractivity contribution is 7.93. The number of anilines is 1. The van der Waals surface area contributed by atoms with E-state index in [4.69, 9.17) is 0 Å². The smallest absolute Gasteiger partial charge is 0.265 e. The van der Waals surface area contributed by atoms with Crippen LogP contribution in [0.25, 0.3) is 10.8 Å². The third-order valence-corrected chi connectivity index (χ3v) is 8.76. The number of amides is 2. The van der Waals surface area contributed by atoms with Gasteiger partial charge in [0.1, 0.15) is 6.04 Å². The monoisotopic (exact) mass is 521 g/mol. The minimum Gasteiger partial charge on any atom is -0.354 e. The van der Waals surface area contributed by atoms with Gasteiger partial charge in [0.25, 0.3) is 10.0 Å². The normalized spacial score (nSPS) is 14.5. The Bertz CT molecular complexity index is 1380. The summed E-state index contributed by atoms with van der Waals surface area (Å²) in [6, 6.07) is 18.1. The Labute approximate surface area is 219 Å². The number of hydrogen-bond donors (Lipinski definition) is 1. The van der Waals surface area contributed by atoms with Crippen molar-refractivity contribution in [1.82, 2.24) is 10.2 Å². The molecule has 3 aromatic rings. The van der Waals surface area contributed by atoms with Gasteiger partial charge in [-0.3, -0.25) is 13.9 Å². The van der Waals surface area contributed by atoms with E-state index < -0.39 is 16.1 Å². The van der Waals surface area contributed by atoms with Crippen molar-refractivity contribution in [3.63, 3.8) is 0 Å². The molecule has 1 unspecified atom stereocenters. The number of sulfonamides is 1. The molecule has 0 radical (unpaired) electrons.